The van der Waals surface area contributed by atoms with Gasteiger partial charge in [-0.15, -0.1) is 0 Å². The molecule has 3 heterocycles. The number of hydrogen-bond donors (Lipinski definition) is 1. The van der Waals surface area contributed by atoms with Gasteiger partial charge >= 0.3 is 0 Å². The fourth-order valence-corrected chi connectivity index (χ4v) is 5.33. The molecule has 5 rings (SSSR count). The Morgan fingerprint density at radius 3 is 2.47 bits per heavy atom. The van der Waals surface area contributed by atoms with Gasteiger partial charge in [0.2, 0.25) is 0 Å². The zero-order valence-electron chi connectivity index (χ0n) is 21.1. The molecular formula is C29H38N4O. The molecule has 0 amide bonds. The third-order valence-electron chi connectivity index (χ3n) is 6.93. The number of hydrogen-bond acceptors (Lipinski definition) is 4. The second kappa shape index (κ2) is 9.47. The van der Waals surface area contributed by atoms with Crippen LogP contribution in [0.2, 0.25) is 0 Å². The number of rotatable bonds is 6. The molecule has 1 aromatic heterocycles. The van der Waals surface area contributed by atoms with Gasteiger partial charge in [0.15, 0.2) is 0 Å². The van der Waals surface area contributed by atoms with Gasteiger partial charge in [-0.05, 0) is 55.1 Å². The largest absolute Gasteiger partial charge is 0.356 e. The maximum atomic E-state index is 6.05. The summed E-state index contributed by atoms with van der Waals surface area (Å²) in [7, 11) is 2.24. The minimum absolute atomic E-state index is 0.191. The summed E-state index contributed by atoms with van der Waals surface area (Å²) in [6.45, 7) is 11.1. The molecule has 1 fully saturated rings. The van der Waals surface area contributed by atoms with E-state index >= 15 is 0 Å². The van der Waals surface area contributed by atoms with Gasteiger partial charge in [0.25, 0.3) is 0 Å². The Hall–Kier alpha value is -2.76. The number of anilines is 3. The Labute approximate surface area is 204 Å². The third kappa shape index (κ3) is 5.01. The van der Waals surface area contributed by atoms with Crippen molar-refractivity contribution in [2.75, 3.05) is 37.1 Å². The number of likely N-dealkylation sites (tertiary alicyclic amines) is 1. The van der Waals surface area contributed by atoms with Crippen molar-refractivity contribution in [2.45, 2.75) is 52.8 Å². The number of benzene rings is 2. The van der Waals surface area contributed by atoms with Crippen molar-refractivity contribution < 1.29 is 4.74 Å². The van der Waals surface area contributed by atoms with Gasteiger partial charge in [0.05, 0.1) is 12.3 Å². The summed E-state index contributed by atoms with van der Waals surface area (Å²) in [6, 6.07) is 20.2. The summed E-state index contributed by atoms with van der Waals surface area (Å²) in [5.74, 6) is 1.12. The number of para-hydroxylation sites is 1. The van der Waals surface area contributed by atoms with E-state index in [1.165, 1.54) is 41.8 Å². The van der Waals surface area contributed by atoms with Crippen LogP contribution < -0.4 is 10.2 Å². The van der Waals surface area contributed by atoms with Gasteiger partial charge in [0, 0.05) is 36.6 Å². The third-order valence-corrected chi connectivity index (χ3v) is 6.93. The summed E-state index contributed by atoms with van der Waals surface area (Å²) < 4.78 is 8.41. The zero-order chi connectivity index (χ0) is 23.7. The molecule has 0 spiro atoms. The molecule has 5 heteroatoms. The minimum atomic E-state index is 0.191. The van der Waals surface area contributed by atoms with Crippen molar-refractivity contribution >= 4 is 17.2 Å². The van der Waals surface area contributed by atoms with E-state index in [0.29, 0.717) is 19.4 Å². The second-order valence-corrected chi connectivity index (χ2v) is 11.1. The van der Waals surface area contributed by atoms with Gasteiger partial charge in [-0.3, -0.25) is 4.90 Å². The lowest BCUT2D eigenvalue weighted by Gasteiger charge is -2.34. The molecule has 5 nitrogen and oxygen atoms in total. The summed E-state index contributed by atoms with van der Waals surface area (Å²) in [5, 5.41) is 3.70. The van der Waals surface area contributed by atoms with Crippen LogP contribution in [0.3, 0.4) is 0 Å². The molecule has 1 unspecified atom stereocenters. The van der Waals surface area contributed by atoms with Crippen molar-refractivity contribution in [3.63, 3.8) is 0 Å². The Morgan fingerprint density at radius 1 is 1.03 bits per heavy atom. The van der Waals surface area contributed by atoms with E-state index in [9.17, 15) is 0 Å². The second-order valence-electron chi connectivity index (χ2n) is 11.1. The molecule has 0 aliphatic carbocycles. The summed E-state index contributed by atoms with van der Waals surface area (Å²) in [6.07, 6.45) is 4.86. The normalized spacial score (nSPS) is 18.8. The van der Waals surface area contributed by atoms with E-state index in [0.717, 1.165) is 24.6 Å². The van der Waals surface area contributed by atoms with Crippen LogP contribution in [-0.4, -0.2) is 36.3 Å². The number of nitrogens with one attached hydrogen (secondary N) is 1. The van der Waals surface area contributed by atoms with Crippen molar-refractivity contribution in [1.82, 2.24) is 9.47 Å². The van der Waals surface area contributed by atoms with Crippen LogP contribution >= 0.6 is 0 Å². The summed E-state index contributed by atoms with van der Waals surface area (Å²) >= 11 is 0. The molecule has 2 aliphatic rings. The topological polar surface area (TPSA) is 32.7 Å². The molecule has 0 radical (unpaired) electrons. The first kappa shape index (κ1) is 23.0. The molecule has 1 saturated heterocycles. The first-order chi connectivity index (χ1) is 16.4. The highest BCUT2D eigenvalue weighted by molar-refractivity contribution is 5.71. The molecule has 34 heavy (non-hydrogen) atoms. The van der Waals surface area contributed by atoms with Crippen LogP contribution in [0.4, 0.5) is 17.2 Å². The maximum Gasteiger partial charge on any atom is 0.119 e. The van der Waals surface area contributed by atoms with Crippen LogP contribution in [0, 0.1) is 5.41 Å². The van der Waals surface area contributed by atoms with Crippen molar-refractivity contribution in [2.24, 2.45) is 5.41 Å². The fourth-order valence-electron chi connectivity index (χ4n) is 5.33. The highest BCUT2D eigenvalue weighted by atomic mass is 16.5. The predicted octanol–water partition coefficient (Wildman–Crippen LogP) is 6.39. The van der Waals surface area contributed by atoms with Crippen LogP contribution in [-0.2, 0) is 17.9 Å². The smallest absolute Gasteiger partial charge is 0.119 e. The van der Waals surface area contributed by atoms with Gasteiger partial charge < -0.3 is 19.5 Å². The number of aromatic nitrogens is 1. The molecule has 180 valence electrons. The molecular weight excluding hydrogens is 420 g/mol. The van der Waals surface area contributed by atoms with Crippen molar-refractivity contribution in [3.8, 4) is 0 Å². The quantitative estimate of drug-likeness (QED) is 0.464. The highest BCUT2D eigenvalue weighted by Crippen LogP contribution is 2.38. The van der Waals surface area contributed by atoms with Crippen LogP contribution in [0.1, 0.15) is 56.3 Å². The minimum Gasteiger partial charge on any atom is -0.356 e. The van der Waals surface area contributed by atoms with E-state index in [-0.39, 0.29) is 5.41 Å². The maximum absolute atomic E-state index is 6.05. The van der Waals surface area contributed by atoms with E-state index < -0.39 is 0 Å². The van der Waals surface area contributed by atoms with Gasteiger partial charge in [-0.25, -0.2) is 0 Å². The highest BCUT2D eigenvalue weighted by Gasteiger charge is 2.28. The Bertz CT molecular complexity index is 1100. The molecule has 0 saturated carbocycles. The Balaban J connectivity index is 1.45. The molecule has 2 aromatic carbocycles. The molecule has 3 aromatic rings. The first-order valence-corrected chi connectivity index (χ1v) is 12.5. The lowest BCUT2D eigenvalue weighted by atomic mass is 9.96. The zero-order valence-corrected chi connectivity index (χ0v) is 21.1. The molecule has 1 atom stereocenters. The molecule has 1 N–H and O–H groups in total. The number of fused-ring (bicyclic) bond motifs is 1. The average molecular weight is 459 g/mol. The van der Waals surface area contributed by atoms with Crippen LogP contribution in [0.5, 0.6) is 0 Å². The van der Waals surface area contributed by atoms with Gasteiger partial charge in [-0.1, -0.05) is 63.2 Å². The lowest BCUT2D eigenvalue weighted by Crippen LogP contribution is -2.37. The molecule has 2 aliphatic heterocycles. The van der Waals surface area contributed by atoms with E-state index in [1.54, 1.807) is 0 Å². The summed E-state index contributed by atoms with van der Waals surface area (Å²) in [4.78, 5) is 4.85. The van der Waals surface area contributed by atoms with Crippen molar-refractivity contribution in [1.29, 1.82) is 0 Å². The van der Waals surface area contributed by atoms with Crippen LogP contribution in [0.25, 0.3) is 0 Å². The van der Waals surface area contributed by atoms with Gasteiger partial charge in [-0.2, -0.15) is 0 Å². The van der Waals surface area contributed by atoms with E-state index in [2.05, 4.69) is 108 Å². The Morgan fingerprint density at radius 2 is 1.79 bits per heavy atom. The summed E-state index contributed by atoms with van der Waals surface area (Å²) in [5.41, 5.74) is 6.56. The standard InChI is InChI=1S/C29H38N4O/c1-29(2,3)20-33-21-34-19-25-27(33)18-32(28(25)30-24-9-6-5-7-10-24)17-22-12-14-23(15-13-22)26-11-8-16-31(26)4/h5-7,9-10,12-15,18,26,30H,8,11,16-17,19-21H2,1-4H3. The SMILES string of the molecule is CN1CCCC1c1ccc(Cn2cc3c(c2Nc2ccccc2)COCN3CC(C)(C)C)cc1. The first-order valence-electron chi connectivity index (χ1n) is 12.5. The Kier molecular flexibility index (Phi) is 6.41. The number of nitrogens with zero attached hydrogens (tertiary/aromatic N) is 3. The predicted molar refractivity (Wildman–Crippen MR) is 141 cm³/mol. The lowest BCUT2D eigenvalue weighted by molar-refractivity contribution is 0.106. The molecule has 0 bridgehead atoms. The van der Waals surface area contributed by atoms with E-state index in [1.807, 2.05) is 0 Å². The fraction of sp³-hybridized carbons (Fsp3) is 0.448. The monoisotopic (exact) mass is 458 g/mol. The van der Waals surface area contributed by atoms with Crippen molar-refractivity contribution in [3.05, 3.63) is 77.5 Å². The average Bonchev–Trinajstić information content (AvgIpc) is 3.38. The van der Waals surface area contributed by atoms with Crippen LogP contribution in [0.15, 0.2) is 60.8 Å². The number of ether oxygens (including phenoxy) is 1. The van der Waals surface area contributed by atoms with E-state index in [4.69, 9.17) is 4.74 Å². The van der Waals surface area contributed by atoms with Gasteiger partial charge in [0.1, 0.15) is 12.5 Å².